The smallest absolute Gasteiger partial charge is 0.359 e. The van der Waals surface area contributed by atoms with Crippen molar-refractivity contribution in [2.75, 3.05) is 0 Å². The standard InChI is InChI=1S/C11H7ClF3NO/c12-6-9-5-10(16-17-9)7-1-3-8(4-2-7)11(13,14)15/h1-5H,6H2. The van der Waals surface area contributed by atoms with Crippen molar-refractivity contribution in [2.45, 2.75) is 12.1 Å². The number of hydrogen-bond acceptors (Lipinski definition) is 2. The molecule has 17 heavy (non-hydrogen) atoms. The van der Waals surface area contributed by atoms with Crippen molar-refractivity contribution >= 4 is 11.6 Å². The summed E-state index contributed by atoms with van der Waals surface area (Å²) >= 11 is 5.53. The van der Waals surface area contributed by atoms with E-state index in [1.807, 2.05) is 0 Å². The van der Waals surface area contributed by atoms with Crippen LogP contribution in [-0.4, -0.2) is 5.16 Å². The highest BCUT2D eigenvalue weighted by molar-refractivity contribution is 6.16. The Balaban J connectivity index is 2.29. The summed E-state index contributed by atoms with van der Waals surface area (Å²) in [6.45, 7) is 0. The van der Waals surface area contributed by atoms with E-state index in [1.165, 1.54) is 12.1 Å². The molecule has 6 heteroatoms. The van der Waals surface area contributed by atoms with Gasteiger partial charge in [0.05, 0.1) is 11.4 Å². The number of halogens is 4. The van der Waals surface area contributed by atoms with Gasteiger partial charge >= 0.3 is 6.18 Å². The van der Waals surface area contributed by atoms with Crippen molar-refractivity contribution in [3.05, 3.63) is 41.7 Å². The maximum Gasteiger partial charge on any atom is 0.416 e. The Morgan fingerprint density at radius 3 is 2.29 bits per heavy atom. The van der Waals surface area contributed by atoms with Gasteiger partial charge in [-0.1, -0.05) is 17.3 Å². The number of aromatic nitrogens is 1. The van der Waals surface area contributed by atoms with Gasteiger partial charge in [-0.2, -0.15) is 13.2 Å². The lowest BCUT2D eigenvalue weighted by Crippen LogP contribution is -2.03. The molecular formula is C11H7ClF3NO. The van der Waals surface area contributed by atoms with Crippen LogP contribution in [0.1, 0.15) is 11.3 Å². The minimum absolute atomic E-state index is 0.174. The van der Waals surface area contributed by atoms with Crippen molar-refractivity contribution in [3.63, 3.8) is 0 Å². The van der Waals surface area contributed by atoms with Gasteiger partial charge in [0.2, 0.25) is 0 Å². The number of alkyl halides is 4. The average molecular weight is 262 g/mol. The Morgan fingerprint density at radius 2 is 1.82 bits per heavy atom. The summed E-state index contributed by atoms with van der Waals surface area (Å²) < 4.78 is 41.8. The van der Waals surface area contributed by atoms with Crippen molar-refractivity contribution in [2.24, 2.45) is 0 Å². The van der Waals surface area contributed by atoms with Gasteiger partial charge in [-0.05, 0) is 12.1 Å². The monoisotopic (exact) mass is 261 g/mol. The second kappa shape index (κ2) is 4.41. The molecule has 0 atom stereocenters. The summed E-state index contributed by atoms with van der Waals surface area (Å²) in [4.78, 5) is 0. The molecule has 2 nitrogen and oxygen atoms in total. The molecule has 0 bridgehead atoms. The van der Waals surface area contributed by atoms with Gasteiger partial charge < -0.3 is 4.52 Å². The van der Waals surface area contributed by atoms with E-state index in [4.69, 9.17) is 16.1 Å². The minimum atomic E-state index is -4.33. The molecule has 1 aromatic heterocycles. The quantitative estimate of drug-likeness (QED) is 0.761. The molecule has 0 aliphatic heterocycles. The summed E-state index contributed by atoms with van der Waals surface area (Å²) in [5.41, 5.74) is 0.329. The Bertz CT molecular complexity index is 504. The predicted octanol–water partition coefficient (Wildman–Crippen LogP) is 4.10. The van der Waals surface area contributed by atoms with Crippen LogP contribution in [-0.2, 0) is 12.1 Å². The fourth-order valence-corrected chi connectivity index (χ4v) is 1.47. The van der Waals surface area contributed by atoms with E-state index in [-0.39, 0.29) is 5.88 Å². The molecular weight excluding hydrogens is 255 g/mol. The number of nitrogens with zero attached hydrogens (tertiary/aromatic N) is 1. The molecule has 2 aromatic rings. The maximum absolute atomic E-state index is 12.3. The largest absolute Gasteiger partial charge is 0.416 e. The Morgan fingerprint density at radius 1 is 1.18 bits per heavy atom. The molecule has 0 amide bonds. The average Bonchev–Trinajstić information content (AvgIpc) is 2.76. The SMILES string of the molecule is FC(F)(F)c1ccc(-c2cc(CCl)on2)cc1. The highest BCUT2D eigenvalue weighted by Gasteiger charge is 2.30. The molecule has 0 aliphatic carbocycles. The zero-order valence-corrected chi connectivity index (χ0v) is 9.22. The first-order valence-corrected chi connectivity index (χ1v) is 5.23. The van der Waals surface area contributed by atoms with Gasteiger partial charge in [-0.25, -0.2) is 0 Å². The normalized spacial score (nSPS) is 11.8. The molecule has 0 N–H and O–H groups in total. The maximum atomic E-state index is 12.3. The van der Waals surface area contributed by atoms with Gasteiger partial charge in [-0.15, -0.1) is 11.6 Å². The number of hydrogen-bond donors (Lipinski definition) is 0. The van der Waals surface area contributed by atoms with Gasteiger partial charge in [-0.3, -0.25) is 0 Å². The Labute approximate surface area is 100.0 Å². The summed E-state index contributed by atoms with van der Waals surface area (Å²) in [6, 6.07) is 6.29. The molecule has 0 saturated carbocycles. The first kappa shape index (κ1) is 12.0. The third-order valence-electron chi connectivity index (χ3n) is 2.20. The third-order valence-corrected chi connectivity index (χ3v) is 2.46. The van der Waals surface area contributed by atoms with Crippen LogP contribution in [0.3, 0.4) is 0 Å². The molecule has 1 heterocycles. The van der Waals surface area contributed by atoms with Gasteiger partial charge in [0.1, 0.15) is 5.69 Å². The van der Waals surface area contributed by atoms with Crippen molar-refractivity contribution in [3.8, 4) is 11.3 Å². The minimum Gasteiger partial charge on any atom is -0.359 e. The highest BCUT2D eigenvalue weighted by Crippen LogP contribution is 2.30. The van der Waals surface area contributed by atoms with Crippen molar-refractivity contribution < 1.29 is 17.7 Å². The van der Waals surface area contributed by atoms with E-state index in [2.05, 4.69) is 5.16 Å². The van der Waals surface area contributed by atoms with Crippen LogP contribution in [0.25, 0.3) is 11.3 Å². The zero-order valence-electron chi connectivity index (χ0n) is 8.46. The van der Waals surface area contributed by atoms with E-state index in [1.54, 1.807) is 6.07 Å². The molecule has 0 saturated heterocycles. The molecule has 0 fully saturated rings. The van der Waals surface area contributed by atoms with Crippen LogP contribution < -0.4 is 0 Å². The van der Waals surface area contributed by atoms with Crippen molar-refractivity contribution in [1.29, 1.82) is 0 Å². The van der Waals surface area contributed by atoms with Gasteiger partial charge in [0.15, 0.2) is 5.76 Å². The number of rotatable bonds is 2. The van der Waals surface area contributed by atoms with E-state index < -0.39 is 11.7 Å². The summed E-state index contributed by atoms with van der Waals surface area (Å²) in [5.74, 6) is 0.648. The van der Waals surface area contributed by atoms with E-state index in [9.17, 15) is 13.2 Å². The van der Waals surface area contributed by atoms with E-state index in [0.29, 0.717) is 17.0 Å². The summed E-state index contributed by atoms with van der Waals surface area (Å²) in [6.07, 6.45) is -4.33. The second-order valence-corrected chi connectivity index (χ2v) is 3.65. The topological polar surface area (TPSA) is 26.0 Å². The summed E-state index contributed by atoms with van der Waals surface area (Å²) in [5, 5.41) is 3.71. The first-order valence-electron chi connectivity index (χ1n) is 4.70. The lowest BCUT2D eigenvalue weighted by molar-refractivity contribution is -0.137. The molecule has 90 valence electrons. The molecule has 0 unspecified atom stereocenters. The van der Waals surface area contributed by atoms with Crippen LogP contribution in [0.5, 0.6) is 0 Å². The number of benzene rings is 1. The summed E-state index contributed by atoms with van der Waals surface area (Å²) in [7, 11) is 0. The van der Waals surface area contributed by atoms with Gasteiger partial charge in [0, 0.05) is 11.6 Å². The third kappa shape index (κ3) is 2.61. The second-order valence-electron chi connectivity index (χ2n) is 3.39. The lowest BCUT2D eigenvalue weighted by Gasteiger charge is -2.06. The van der Waals surface area contributed by atoms with E-state index in [0.717, 1.165) is 12.1 Å². The Hall–Kier alpha value is -1.49. The Kier molecular flexibility index (Phi) is 3.11. The fraction of sp³-hybridized carbons (Fsp3) is 0.182. The highest BCUT2D eigenvalue weighted by atomic mass is 35.5. The molecule has 0 aliphatic rings. The fourth-order valence-electron chi connectivity index (χ4n) is 1.34. The van der Waals surface area contributed by atoms with Crippen LogP contribution in [0.15, 0.2) is 34.9 Å². The zero-order chi connectivity index (χ0) is 12.5. The van der Waals surface area contributed by atoms with Crippen LogP contribution in [0, 0.1) is 0 Å². The predicted molar refractivity (Wildman–Crippen MR) is 56.5 cm³/mol. The molecule has 0 radical (unpaired) electrons. The van der Waals surface area contributed by atoms with Gasteiger partial charge in [0.25, 0.3) is 0 Å². The molecule has 2 rings (SSSR count). The first-order chi connectivity index (χ1) is 8.00. The molecule has 0 spiro atoms. The van der Waals surface area contributed by atoms with Crippen LogP contribution in [0.4, 0.5) is 13.2 Å². The molecule has 1 aromatic carbocycles. The van der Waals surface area contributed by atoms with Crippen LogP contribution >= 0.6 is 11.6 Å². The van der Waals surface area contributed by atoms with Crippen molar-refractivity contribution in [1.82, 2.24) is 5.16 Å². The van der Waals surface area contributed by atoms with Crippen LogP contribution in [0.2, 0.25) is 0 Å². The van der Waals surface area contributed by atoms with E-state index >= 15 is 0 Å². The lowest BCUT2D eigenvalue weighted by atomic mass is 10.1.